The zero-order valence-electron chi connectivity index (χ0n) is 13.8. The van der Waals surface area contributed by atoms with Crippen molar-refractivity contribution >= 4 is 5.96 Å². The predicted octanol–water partition coefficient (Wildman–Crippen LogP) is 0.973. The van der Waals surface area contributed by atoms with E-state index in [-0.39, 0.29) is 0 Å². The van der Waals surface area contributed by atoms with Crippen molar-refractivity contribution in [3.05, 3.63) is 0 Å². The van der Waals surface area contributed by atoms with E-state index < -0.39 is 0 Å². The number of hydrogen-bond donors (Lipinski definition) is 1. The number of unbranched alkanes of at least 4 members (excludes halogenated alkanes) is 1. The second kappa shape index (κ2) is 11.8. The minimum absolute atomic E-state index is 0.628. The summed E-state index contributed by atoms with van der Waals surface area (Å²) in [5.74, 6) is 1.59. The molecule has 124 valence electrons. The van der Waals surface area contributed by atoms with Crippen molar-refractivity contribution in [1.29, 1.82) is 0 Å². The second-order valence-electron chi connectivity index (χ2n) is 5.40. The lowest BCUT2D eigenvalue weighted by Gasteiger charge is -2.24. The molecule has 6 heteroatoms. The Hall–Kier alpha value is -0.850. The fourth-order valence-corrected chi connectivity index (χ4v) is 2.36. The van der Waals surface area contributed by atoms with Crippen molar-refractivity contribution < 1.29 is 14.2 Å². The van der Waals surface area contributed by atoms with E-state index in [2.05, 4.69) is 22.3 Å². The molecule has 0 aliphatic carbocycles. The van der Waals surface area contributed by atoms with Crippen LogP contribution in [-0.2, 0) is 14.2 Å². The summed E-state index contributed by atoms with van der Waals surface area (Å²) in [6.07, 6.45) is 3.28. The largest absolute Gasteiger partial charge is 0.382 e. The third kappa shape index (κ3) is 8.24. The molecule has 0 radical (unpaired) electrons. The molecule has 1 aliphatic heterocycles. The first-order valence-electron chi connectivity index (χ1n) is 7.84. The molecule has 1 atom stereocenters. The zero-order chi connectivity index (χ0) is 15.3. The molecule has 0 aromatic carbocycles. The molecule has 1 unspecified atom stereocenters. The van der Waals surface area contributed by atoms with Crippen LogP contribution in [0, 0.1) is 5.92 Å². The Balaban J connectivity index is 2.05. The van der Waals surface area contributed by atoms with Gasteiger partial charge in [0, 0.05) is 53.4 Å². The van der Waals surface area contributed by atoms with Crippen LogP contribution in [0.5, 0.6) is 0 Å². The van der Waals surface area contributed by atoms with Crippen molar-refractivity contribution in [1.82, 2.24) is 10.2 Å². The third-order valence-corrected chi connectivity index (χ3v) is 3.56. The summed E-state index contributed by atoms with van der Waals surface area (Å²) in [4.78, 5) is 6.52. The number of hydrogen-bond acceptors (Lipinski definition) is 4. The molecule has 0 aromatic heterocycles. The molecule has 0 saturated carbocycles. The molecular formula is C15H31N3O3. The first kappa shape index (κ1) is 18.2. The number of nitrogens with one attached hydrogen (secondary N) is 1. The molecule has 1 aliphatic rings. The summed E-state index contributed by atoms with van der Waals surface area (Å²) in [5, 5.41) is 3.40. The van der Waals surface area contributed by atoms with Crippen LogP contribution in [0.2, 0.25) is 0 Å². The number of rotatable bonds is 10. The number of methoxy groups -OCH3 is 1. The quantitative estimate of drug-likeness (QED) is 0.370. The van der Waals surface area contributed by atoms with Gasteiger partial charge in [-0.3, -0.25) is 4.99 Å². The highest BCUT2D eigenvalue weighted by Crippen LogP contribution is 2.13. The highest BCUT2D eigenvalue weighted by atomic mass is 16.5. The molecule has 1 N–H and O–H groups in total. The van der Waals surface area contributed by atoms with Gasteiger partial charge in [-0.2, -0.15) is 0 Å². The van der Waals surface area contributed by atoms with E-state index in [9.17, 15) is 0 Å². The maximum Gasteiger partial charge on any atom is 0.193 e. The van der Waals surface area contributed by atoms with Crippen LogP contribution in [0.15, 0.2) is 4.99 Å². The van der Waals surface area contributed by atoms with E-state index in [0.717, 1.165) is 58.1 Å². The van der Waals surface area contributed by atoms with Gasteiger partial charge in [0.2, 0.25) is 0 Å². The molecule has 1 fully saturated rings. The van der Waals surface area contributed by atoms with E-state index in [1.807, 2.05) is 7.05 Å². The minimum Gasteiger partial charge on any atom is -0.382 e. The van der Waals surface area contributed by atoms with Crippen molar-refractivity contribution in [2.75, 3.05) is 67.3 Å². The fourth-order valence-electron chi connectivity index (χ4n) is 2.36. The molecule has 1 saturated heterocycles. The standard InChI is InChI=1S/C15H31N3O3/c1-16-15(18(2)12-14-6-9-21-13-14)17-7-4-5-8-20-11-10-19-3/h14H,4-13H2,1-3H3,(H,16,17). The lowest BCUT2D eigenvalue weighted by Crippen LogP contribution is -2.41. The summed E-state index contributed by atoms with van der Waals surface area (Å²) in [7, 11) is 5.60. The fraction of sp³-hybridized carbons (Fsp3) is 0.933. The van der Waals surface area contributed by atoms with Gasteiger partial charge in [-0.1, -0.05) is 0 Å². The molecule has 21 heavy (non-hydrogen) atoms. The monoisotopic (exact) mass is 301 g/mol. The van der Waals surface area contributed by atoms with E-state index in [0.29, 0.717) is 19.1 Å². The van der Waals surface area contributed by atoms with Crippen LogP contribution in [0.4, 0.5) is 0 Å². The van der Waals surface area contributed by atoms with Gasteiger partial charge in [-0.15, -0.1) is 0 Å². The van der Waals surface area contributed by atoms with Crippen LogP contribution in [-0.4, -0.2) is 78.2 Å². The lowest BCUT2D eigenvalue weighted by molar-refractivity contribution is 0.0689. The average Bonchev–Trinajstić information content (AvgIpc) is 2.98. The van der Waals surface area contributed by atoms with E-state index in [1.165, 1.54) is 0 Å². The van der Waals surface area contributed by atoms with Crippen LogP contribution in [0.1, 0.15) is 19.3 Å². The number of guanidine groups is 1. The summed E-state index contributed by atoms with van der Waals surface area (Å²) < 4.78 is 15.8. The van der Waals surface area contributed by atoms with Gasteiger partial charge >= 0.3 is 0 Å². The number of ether oxygens (including phenoxy) is 3. The molecule has 0 amide bonds. The Bertz CT molecular complexity index is 281. The molecule has 0 bridgehead atoms. The Labute approximate surface area is 128 Å². The SMILES string of the molecule is CN=C(NCCCCOCCOC)N(C)CC1CCOC1. The van der Waals surface area contributed by atoms with Gasteiger partial charge in [-0.25, -0.2) is 0 Å². The first-order chi connectivity index (χ1) is 10.3. The highest BCUT2D eigenvalue weighted by molar-refractivity contribution is 5.79. The Morgan fingerprint density at radius 3 is 2.86 bits per heavy atom. The summed E-state index contributed by atoms with van der Waals surface area (Å²) >= 11 is 0. The highest BCUT2D eigenvalue weighted by Gasteiger charge is 2.18. The van der Waals surface area contributed by atoms with E-state index in [4.69, 9.17) is 14.2 Å². The first-order valence-corrected chi connectivity index (χ1v) is 7.84. The Morgan fingerprint density at radius 2 is 2.19 bits per heavy atom. The Morgan fingerprint density at radius 1 is 1.33 bits per heavy atom. The number of nitrogens with zero attached hydrogens (tertiary/aromatic N) is 2. The van der Waals surface area contributed by atoms with Gasteiger partial charge in [-0.05, 0) is 19.3 Å². The summed E-state index contributed by atoms with van der Waals surface area (Å²) in [6.45, 7) is 5.83. The van der Waals surface area contributed by atoms with E-state index >= 15 is 0 Å². The smallest absolute Gasteiger partial charge is 0.193 e. The van der Waals surface area contributed by atoms with Crippen LogP contribution in [0.25, 0.3) is 0 Å². The predicted molar refractivity (Wildman–Crippen MR) is 84.8 cm³/mol. The van der Waals surface area contributed by atoms with Crippen molar-refractivity contribution in [2.24, 2.45) is 10.9 Å². The topological polar surface area (TPSA) is 55.3 Å². The molecule has 1 rings (SSSR count). The van der Waals surface area contributed by atoms with Gasteiger partial charge in [0.25, 0.3) is 0 Å². The molecule has 0 aromatic rings. The second-order valence-corrected chi connectivity index (χ2v) is 5.40. The maximum atomic E-state index is 5.44. The Kier molecular flexibility index (Phi) is 10.2. The van der Waals surface area contributed by atoms with Crippen LogP contribution < -0.4 is 5.32 Å². The number of aliphatic imine (C=N–C) groups is 1. The van der Waals surface area contributed by atoms with Gasteiger partial charge in [0.05, 0.1) is 19.8 Å². The van der Waals surface area contributed by atoms with E-state index in [1.54, 1.807) is 7.11 Å². The summed E-state index contributed by atoms with van der Waals surface area (Å²) in [5.41, 5.74) is 0. The third-order valence-electron chi connectivity index (χ3n) is 3.56. The molecule has 6 nitrogen and oxygen atoms in total. The zero-order valence-corrected chi connectivity index (χ0v) is 13.8. The van der Waals surface area contributed by atoms with Gasteiger partial charge in [0.1, 0.15) is 0 Å². The van der Waals surface area contributed by atoms with Crippen molar-refractivity contribution in [3.63, 3.8) is 0 Å². The average molecular weight is 301 g/mol. The molecule has 1 heterocycles. The van der Waals surface area contributed by atoms with Crippen molar-refractivity contribution in [3.8, 4) is 0 Å². The lowest BCUT2D eigenvalue weighted by atomic mass is 10.1. The maximum absolute atomic E-state index is 5.44. The van der Waals surface area contributed by atoms with Gasteiger partial charge < -0.3 is 24.4 Å². The summed E-state index contributed by atoms with van der Waals surface area (Å²) in [6, 6.07) is 0. The minimum atomic E-state index is 0.628. The normalized spacial score (nSPS) is 19.0. The van der Waals surface area contributed by atoms with Crippen molar-refractivity contribution in [2.45, 2.75) is 19.3 Å². The molecule has 0 spiro atoms. The van der Waals surface area contributed by atoms with Gasteiger partial charge in [0.15, 0.2) is 5.96 Å². The van der Waals surface area contributed by atoms with Crippen LogP contribution in [0.3, 0.4) is 0 Å². The molecular weight excluding hydrogens is 270 g/mol. The van der Waals surface area contributed by atoms with Crippen LogP contribution >= 0.6 is 0 Å².